The number of anilines is 1. The van der Waals surface area contributed by atoms with E-state index in [-0.39, 0.29) is 28.3 Å². The molecule has 0 saturated carbocycles. The SMILES string of the molecule is C[C@@H](OC(=O)Cc1ccccc1[N+](=O)[O-])C(=O)Nc1cccc(S(=O)(=O)N(C)C)c1. The van der Waals surface area contributed by atoms with Crippen LogP contribution in [0.1, 0.15) is 12.5 Å². The zero-order valence-corrected chi connectivity index (χ0v) is 17.4. The van der Waals surface area contributed by atoms with Crippen LogP contribution in [0.15, 0.2) is 53.4 Å². The Balaban J connectivity index is 2.04. The molecule has 0 saturated heterocycles. The molecule has 2 aromatic carbocycles. The predicted octanol–water partition coefficient (Wildman–Crippen LogP) is 1.96. The maximum atomic E-state index is 12.3. The summed E-state index contributed by atoms with van der Waals surface area (Å²) >= 11 is 0. The van der Waals surface area contributed by atoms with Crippen molar-refractivity contribution in [2.75, 3.05) is 19.4 Å². The molecule has 0 aromatic heterocycles. The van der Waals surface area contributed by atoms with E-state index >= 15 is 0 Å². The Kier molecular flexibility index (Phi) is 7.24. The van der Waals surface area contributed by atoms with Crippen LogP contribution < -0.4 is 5.32 Å². The molecule has 0 bridgehead atoms. The van der Waals surface area contributed by atoms with Crippen LogP contribution in [0.3, 0.4) is 0 Å². The van der Waals surface area contributed by atoms with Crippen molar-refractivity contribution in [3.8, 4) is 0 Å². The van der Waals surface area contributed by atoms with Crippen molar-refractivity contribution in [3.63, 3.8) is 0 Å². The average Bonchev–Trinajstić information content (AvgIpc) is 2.68. The second-order valence-corrected chi connectivity index (χ2v) is 8.65. The number of carbonyl (C=O) groups excluding carboxylic acids is 2. The van der Waals surface area contributed by atoms with Gasteiger partial charge in [-0.1, -0.05) is 24.3 Å². The van der Waals surface area contributed by atoms with Gasteiger partial charge in [0.15, 0.2) is 6.10 Å². The first kappa shape index (κ1) is 23.0. The standard InChI is InChI=1S/C19H21N3O7S/c1-13(29-18(23)11-14-7-4-5-10-17(14)22(25)26)19(24)20-15-8-6-9-16(12-15)30(27,28)21(2)3/h4-10,12-13H,11H2,1-3H3,(H,20,24)/t13-/m1/s1. The van der Waals surface area contributed by atoms with Crippen LogP contribution in [0.2, 0.25) is 0 Å². The number of para-hydroxylation sites is 1. The lowest BCUT2D eigenvalue weighted by Gasteiger charge is -2.15. The van der Waals surface area contributed by atoms with Crippen LogP contribution in [-0.4, -0.2) is 49.7 Å². The van der Waals surface area contributed by atoms with E-state index in [1.54, 1.807) is 6.07 Å². The van der Waals surface area contributed by atoms with E-state index in [2.05, 4.69) is 5.32 Å². The zero-order chi connectivity index (χ0) is 22.5. The molecule has 2 aromatic rings. The molecule has 0 aliphatic heterocycles. The molecule has 1 atom stereocenters. The number of carbonyl (C=O) groups is 2. The average molecular weight is 435 g/mol. The van der Waals surface area contributed by atoms with E-state index in [1.165, 1.54) is 63.5 Å². The van der Waals surface area contributed by atoms with E-state index in [0.29, 0.717) is 0 Å². The number of nitro groups is 1. The third-order valence-corrected chi connectivity index (χ3v) is 5.89. The van der Waals surface area contributed by atoms with Gasteiger partial charge in [0.1, 0.15) is 0 Å². The number of nitro benzene ring substituents is 1. The van der Waals surface area contributed by atoms with Crippen LogP contribution in [0.4, 0.5) is 11.4 Å². The van der Waals surface area contributed by atoms with Crippen molar-refractivity contribution in [2.45, 2.75) is 24.3 Å². The first-order chi connectivity index (χ1) is 14.0. The van der Waals surface area contributed by atoms with Gasteiger partial charge in [0.05, 0.1) is 16.2 Å². The summed E-state index contributed by atoms with van der Waals surface area (Å²) in [6.45, 7) is 1.34. The fraction of sp³-hybridized carbons (Fsp3) is 0.263. The van der Waals surface area contributed by atoms with Gasteiger partial charge in [-0.25, -0.2) is 12.7 Å². The van der Waals surface area contributed by atoms with Gasteiger partial charge < -0.3 is 10.1 Å². The van der Waals surface area contributed by atoms with Gasteiger partial charge in [0.2, 0.25) is 10.0 Å². The van der Waals surface area contributed by atoms with Gasteiger partial charge in [-0.15, -0.1) is 0 Å². The molecule has 0 heterocycles. The minimum Gasteiger partial charge on any atom is -0.452 e. The number of sulfonamides is 1. The van der Waals surface area contributed by atoms with Crippen molar-refractivity contribution in [1.29, 1.82) is 0 Å². The molecule has 0 radical (unpaired) electrons. The number of benzene rings is 2. The molecule has 0 aliphatic carbocycles. The van der Waals surface area contributed by atoms with Crippen molar-refractivity contribution in [1.82, 2.24) is 4.31 Å². The van der Waals surface area contributed by atoms with Crippen molar-refractivity contribution >= 4 is 33.3 Å². The summed E-state index contributed by atoms with van der Waals surface area (Å²) in [6.07, 6.45) is -1.57. The second kappa shape index (κ2) is 9.46. The van der Waals surface area contributed by atoms with Gasteiger partial charge in [-0.3, -0.25) is 19.7 Å². The van der Waals surface area contributed by atoms with Crippen molar-refractivity contribution < 1.29 is 27.7 Å². The molecular formula is C19H21N3O7S. The van der Waals surface area contributed by atoms with E-state index in [1.807, 2.05) is 0 Å². The van der Waals surface area contributed by atoms with Crippen LogP contribution in [0.25, 0.3) is 0 Å². The number of ether oxygens (including phenoxy) is 1. The molecular weight excluding hydrogens is 414 g/mol. The molecule has 30 heavy (non-hydrogen) atoms. The van der Waals surface area contributed by atoms with E-state index in [9.17, 15) is 28.1 Å². The van der Waals surface area contributed by atoms with Crippen molar-refractivity contribution in [2.24, 2.45) is 0 Å². The number of amides is 1. The Morgan fingerprint density at radius 1 is 1.17 bits per heavy atom. The Labute approximate surface area is 173 Å². The molecule has 0 fully saturated rings. The first-order valence-corrected chi connectivity index (χ1v) is 10.2. The highest BCUT2D eigenvalue weighted by molar-refractivity contribution is 7.89. The van der Waals surface area contributed by atoms with E-state index in [4.69, 9.17) is 4.74 Å². The highest BCUT2D eigenvalue weighted by Gasteiger charge is 2.22. The molecule has 0 aliphatic rings. The number of rotatable bonds is 8. The van der Waals surface area contributed by atoms with Gasteiger partial charge in [0.25, 0.3) is 11.6 Å². The summed E-state index contributed by atoms with van der Waals surface area (Å²) in [6, 6.07) is 11.4. The van der Waals surface area contributed by atoms with Gasteiger partial charge in [0, 0.05) is 31.4 Å². The molecule has 1 amide bonds. The van der Waals surface area contributed by atoms with E-state index in [0.717, 1.165) is 4.31 Å². The Hall–Kier alpha value is -3.31. The topological polar surface area (TPSA) is 136 Å². The number of esters is 1. The summed E-state index contributed by atoms with van der Waals surface area (Å²) in [7, 11) is -0.902. The molecule has 0 unspecified atom stereocenters. The maximum absolute atomic E-state index is 12.3. The summed E-state index contributed by atoms with van der Waals surface area (Å²) in [5.41, 5.74) is 0.164. The molecule has 160 valence electrons. The summed E-state index contributed by atoms with van der Waals surface area (Å²) in [4.78, 5) is 34.8. The number of hydrogen-bond donors (Lipinski definition) is 1. The van der Waals surface area contributed by atoms with Crippen LogP contribution in [0, 0.1) is 10.1 Å². The normalized spacial score (nSPS) is 12.3. The smallest absolute Gasteiger partial charge is 0.311 e. The number of nitrogens with one attached hydrogen (secondary N) is 1. The van der Waals surface area contributed by atoms with Crippen LogP contribution in [-0.2, 0) is 30.8 Å². The summed E-state index contributed by atoms with van der Waals surface area (Å²) in [5.74, 6) is -1.49. The lowest BCUT2D eigenvalue weighted by atomic mass is 10.1. The molecule has 11 heteroatoms. The lowest BCUT2D eigenvalue weighted by molar-refractivity contribution is -0.385. The Morgan fingerprint density at radius 2 is 1.83 bits per heavy atom. The molecule has 2 rings (SSSR count). The monoisotopic (exact) mass is 435 g/mol. The largest absolute Gasteiger partial charge is 0.452 e. The Morgan fingerprint density at radius 3 is 2.47 bits per heavy atom. The summed E-state index contributed by atoms with van der Waals surface area (Å²) in [5, 5.41) is 13.5. The zero-order valence-electron chi connectivity index (χ0n) is 16.6. The van der Waals surface area contributed by atoms with Crippen molar-refractivity contribution in [3.05, 3.63) is 64.2 Å². The quantitative estimate of drug-likeness (QED) is 0.380. The minimum absolute atomic E-state index is 0.00802. The predicted molar refractivity (Wildman–Crippen MR) is 108 cm³/mol. The van der Waals surface area contributed by atoms with E-state index < -0.39 is 32.9 Å². The third-order valence-electron chi connectivity index (χ3n) is 4.08. The summed E-state index contributed by atoms with van der Waals surface area (Å²) < 4.78 is 30.5. The first-order valence-electron chi connectivity index (χ1n) is 8.77. The number of nitrogens with zero attached hydrogens (tertiary/aromatic N) is 2. The number of hydrogen-bond acceptors (Lipinski definition) is 7. The second-order valence-electron chi connectivity index (χ2n) is 6.50. The lowest BCUT2D eigenvalue weighted by Crippen LogP contribution is -2.30. The van der Waals surface area contributed by atoms with Gasteiger partial charge >= 0.3 is 5.97 Å². The van der Waals surface area contributed by atoms with Gasteiger partial charge in [-0.2, -0.15) is 0 Å². The highest BCUT2D eigenvalue weighted by Crippen LogP contribution is 2.20. The molecule has 0 spiro atoms. The molecule has 10 nitrogen and oxygen atoms in total. The van der Waals surface area contributed by atoms with Crippen LogP contribution in [0.5, 0.6) is 0 Å². The fourth-order valence-corrected chi connectivity index (χ4v) is 3.42. The fourth-order valence-electron chi connectivity index (χ4n) is 2.48. The molecule has 1 N–H and O–H groups in total. The minimum atomic E-state index is -3.68. The van der Waals surface area contributed by atoms with Crippen LogP contribution >= 0.6 is 0 Å². The third kappa shape index (κ3) is 5.61. The highest BCUT2D eigenvalue weighted by atomic mass is 32.2. The maximum Gasteiger partial charge on any atom is 0.311 e. The Bertz CT molecular complexity index is 1070. The van der Waals surface area contributed by atoms with Gasteiger partial charge in [-0.05, 0) is 25.1 Å².